The summed E-state index contributed by atoms with van der Waals surface area (Å²) in [6.07, 6.45) is 4.99. The van der Waals surface area contributed by atoms with Crippen molar-refractivity contribution in [3.8, 4) is 6.07 Å². The zero-order chi connectivity index (χ0) is 15.9. The van der Waals surface area contributed by atoms with E-state index in [2.05, 4.69) is 23.2 Å². The molecule has 0 amide bonds. The van der Waals surface area contributed by atoms with Crippen LogP contribution in [0.3, 0.4) is 0 Å². The van der Waals surface area contributed by atoms with Crippen molar-refractivity contribution in [2.45, 2.75) is 45.6 Å². The van der Waals surface area contributed by atoms with Gasteiger partial charge in [0.25, 0.3) is 0 Å². The Morgan fingerprint density at radius 2 is 2.27 bits per heavy atom. The Bertz CT molecular complexity index is 562. The Labute approximate surface area is 133 Å². The minimum atomic E-state index is 0.0247. The molecule has 1 aliphatic heterocycles. The van der Waals surface area contributed by atoms with Gasteiger partial charge in [-0.25, -0.2) is 0 Å². The van der Waals surface area contributed by atoms with E-state index in [1.54, 1.807) is 25.1 Å². The molecule has 1 heterocycles. The Balaban J connectivity index is 1.88. The molecule has 22 heavy (non-hydrogen) atoms. The number of benzene rings is 1. The van der Waals surface area contributed by atoms with E-state index in [0.29, 0.717) is 17.2 Å². The highest BCUT2D eigenvalue weighted by molar-refractivity contribution is 5.99. The van der Waals surface area contributed by atoms with E-state index >= 15 is 0 Å². The molecule has 0 saturated carbocycles. The average molecular weight is 299 g/mol. The molecule has 0 bridgehead atoms. The summed E-state index contributed by atoms with van der Waals surface area (Å²) in [7, 11) is 0. The lowest BCUT2D eigenvalue weighted by atomic mass is 10.0. The second-order valence-corrected chi connectivity index (χ2v) is 6.09. The first-order chi connectivity index (χ1) is 10.6. The second-order valence-electron chi connectivity index (χ2n) is 6.09. The first-order valence-corrected chi connectivity index (χ1v) is 8.15. The molecular formula is C18H25N3O. The van der Waals surface area contributed by atoms with Crippen LogP contribution in [0.4, 0.5) is 5.69 Å². The maximum absolute atomic E-state index is 11.7. The van der Waals surface area contributed by atoms with E-state index in [1.165, 1.54) is 25.8 Å². The summed E-state index contributed by atoms with van der Waals surface area (Å²) in [5.74, 6) is 0.0247. The number of nitriles is 1. The van der Waals surface area contributed by atoms with Gasteiger partial charge in [0.15, 0.2) is 5.78 Å². The summed E-state index contributed by atoms with van der Waals surface area (Å²) in [5, 5.41) is 12.3. The van der Waals surface area contributed by atoms with E-state index in [9.17, 15) is 4.79 Å². The van der Waals surface area contributed by atoms with E-state index in [1.807, 2.05) is 0 Å². The average Bonchev–Trinajstić information content (AvgIpc) is 2.52. The van der Waals surface area contributed by atoms with Crippen molar-refractivity contribution in [1.29, 1.82) is 5.26 Å². The van der Waals surface area contributed by atoms with Gasteiger partial charge in [-0.15, -0.1) is 0 Å². The highest BCUT2D eigenvalue weighted by Gasteiger charge is 2.17. The van der Waals surface area contributed by atoms with Crippen LogP contribution in [0, 0.1) is 11.3 Å². The number of nitrogens with one attached hydrogen (secondary N) is 1. The quantitative estimate of drug-likeness (QED) is 0.646. The minimum Gasteiger partial charge on any atom is -0.384 e. The maximum Gasteiger partial charge on any atom is 0.161 e. The van der Waals surface area contributed by atoms with Gasteiger partial charge in [0.2, 0.25) is 0 Å². The van der Waals surface area contributed by atoms with Crippen LogP contribution < -0.4 is 5.32 Å². The molecule has 0 spiro atoms. The number of carbonyl (C=O) groups is 1. The summed E-state index contributed by atoms with van der Waals surface area (Å²) in [6.45, 7) is 6.96. The molecule has 1 aliphatic rings. The number of hydrogen-bond donors (Lipinski definition) is 1. The number of rotatable bonds is 6. The lowest BCUT2D eigenvalue weighted by Gasteiger charge is -2.33. The summed E-state index contributed by atoms with van der Waals surface area (Å²) in [5.41, 5.74) is 2.01. The third-order valence-electron chi connectivity index (χ3n) is 4.41. The summed E-state index contributed by atoms with van der Waals surface area (Å²) >= 11 is 0. The zero-order valence-corrected chi connectivity index (χ0v) is 13.6. The van der Waals surface area contributed by atoms with E-state index in [0.717, 1.165) is 25.2 Å². The second kappa shape index (κ2) is 7.95. The molecule has 118 valence electrons. The number of hydrogen-bond acceptors (Lipinski definition) is 4. The largest absolute Gasteiger partial charge is 0.384 e. The van der Waals surface area contributed by atoms with Crippen LogP contribution in [0.5, 0.6) is 0 Å². The minimum absolute atomic E-state index is 0.0247. The smallest absolute Gasteiger partial charge is 0.161 e. The molecular weight excluding hydrogens is 274 g/mol. The molecule has 1 atom stereocenters. The Morgan fingerprint density at radius 3 is 2.95 bits per heavy atom. The van der Waals surface area contributed by atoms with Gasteiger partial charge >= 0.3 is 0 Å². The van der Waals surface area contributed by atoms with Crippen LogP contribution in [0.15, 0.2) is 18.2 Å². The number of likely N-dealkylation sites (tertiary alicyclic amines) is 1. The molecule has 1 aromatic rings. The van der Waals surface area contributed by atoms with Crippen molar-refractivity contribution in [2.24, 2.45) is 0 Å². The van der Waals surface area contributed by atoms with Gasteiger partial charge in [0, 0.05) is 30.4 Å². The van der Waals surface area contributed by atoms with Gasteiger partial charge < -0.3 is 10.2 Å². The predicted molar refractivity (Wildman–Crippen MR) is 89.2 cm³/mol. The topological polar surface area (TPSA) is 56.1 Å². The fourth-order valence-electron chi connectivity index (χ4n) is 3.06. The van der Waals surface area contributed by atoms with Crippen LogP contribution >= 0.6 is 0 Å². The standard InChI is InChI=1S/C18H25N3O/c1-14-6-3-4-10-21(14)11-5-9-20-18-12-16(13-19)7-8-17(18)15(2)22/h7-8,12,14,20H,3-6,9-11H2,1-2H3. The van der Waals surface area contributed by atoms with Gasteiger partial charge in [-0.1, -0.05) is 6.42 Å². The van der Waals surface area contributed by atoms with Crippen LogP contribution in [0.1, 0.15) is 55.5 Å². The molecule has 4 nitrogen and oxygen atoms in total. The van der Waals surface area contributed by atoms with Gasteiger partial charge in [-0.2, -0.15) is 5.26 Å². The van der Waals surface area contributed by atoms with Gasteiger partial charge in [0.05, 0.1) is 11.6 Å². The highest BCUT2D eigenvalue weighted by Crippen LogP contribution is 2.19. The van der Waals surface area contributed by atoms with Crippen molar-refractivity contribution in [3.63, 3.8) is 0 Å². The Hall–Kier alpha value is -1.86. The van der Waals surface area contributed by atoms with Crippen molar-refractivity contribution < 1.29 is 4.79 Å². The van der Waals surface area contributed by atoms with Gasteiger partial charge in [0.1, 0.15) is 0 Å². The van der Waals surface area contributed by atoms with Crippen LogP contribution in [-0.4, -0.2) is 36.4 Å². The summed E-state index contributed by atoms with van der Waals surface area (Å²) < 4.78 is 0. The number of anilines is 1. The predicted octanol–water partition coefficient (Wildman–Crippen LogP) is 3.44. The molecule has 1 fully saturated rings. The molecule has 0 radical (unpaired) electrons. The fourth-order valence-corrected chi connectivity index (χ4v) is 3.06. The highest BCUT2D eigenvalue weighted by atomic mass is 16.1. The van der Waals surface area contributed by atoms with Crippen LogP contribution in [0.25, 0.3) is 0 Å². The first-order valence-electron chi connectivity index (χ1n) is 8.15. The van der Waals surface area contributed by atoms with Crippen molar-refractivity contribution in [2.75, 3.05) is 25.0 Å². The molecule has 0 aromatic heterocycles. The van der Waals surface area contributed by atoms with Crippen molar-refractivity contribution >= 4 is 11.5 Å². The SMILES string of the molecule is CC(=O)c1ccc(C#N)cc1NCCCN1CCCCC1C. The molecule has 2 rings (SSSR count). The van der Waals surface area contributed by atoms with Gasteiger partial charge in [-0.05, 0) is 57.9 Å². The molecule has 1 saturated heterocycles. The Kier molecular flexibility index (Phi) is 5.97. The summed E-state index contributed by atoms with van der Waals surface area (Å²) in [6, 6.07) is 7.99. The number of Topliss-reactive ketones (excluding diaryl/α,β-unsaturated/α-hetero) is 1. The Morgan fingerprint density at radius 1 is 1.45 bits per heavy atom. The normalized spacial score (nSPS) is 18.7. The maximum atomic E-state index is 11.7. The molecule has 1 aromatic carbocycles. The van der Waals surface area contributed by atoms with E-state index in [4.69, 9.17) is 5.26 Å². The van der Waals surface area contributed by atoms with Crippen molar-refractivity contribution in [1.82, 2.24) is 4.90 Å². The first kappa shape index (κ1) is 16.5. The number of nitrogens with zero attached hydrogens (tertiary/aromatic N) is 2. The fraction of sp³-hybridized carbons (Fsp3) is 0.556. The van der Waals surface area contributed by atoms with Gasteiger partial charge in [-0.3, -0.25) is 4.79 Å². The molecule has 0 aliphatic carbocycles. The monoisotopic (exact) mass is 299 g/mol. The number of ketones is 1. The molecule has 1 N–H and O–H groups in total. The lowest BCUT2D eigenvalue weighted by Crippen LogP contribution is -2.38. The number of piperidine rings is 1. The van der Waals surface area contributed by atoms with E-state index in [-0.39, 0.29) is 5.78 Å². The van der Waals surface area contributed by atoms with E-state index < -0.39 is 0 Å². The summed E-state index contributed by atoms with van der Waals surface area (Å²) in [4.78, 5) is 14.2. The molecule has 1 unspecified atom stereocenters. The van der Waals surface area contributed by atoms with Crippen molar-refractivity contribution in [3.05, 3.63) is 29.3 Å². The zero-order valence-electron chi connectivity index (χ0n) is 13.6. The third-order valence-corrected chi connectivity index (χ3v) is 4.41. The van der Waals surface area contributed by atoms with Crippen LogP contribution in [0.2, 0.25) is 0 Å². The number of carbonyl (C=O) groups excluding carboxylic acids is 1. The van der Waals surface area contributed by atoms with Crippen LogP contribution in [-0.2, 0) is 0 Å². The third kappa shape index (κ3) is 4.32. The lowest BCUT2D eigenvalue weighted by molar-refractivity contribution is 0.101. The molecule has 4 heteroatoms.